The van der Waals surface area contributed by atoms with Gasteiger partial charge in [-0.3, -0.25) is 14.2 Å². The molecule has 0 aliphatic carbocycles. The maximum Gasteiger partial charge on any atom is 0.295 e. The molecule has 2 aromatic carbocycles. The number of pyridine rings is 1. The summed E-state index contributed by atoms with van der Waals surface area (Å²) in [6.45, 7) is 3.53. The first-order valence-corrected chi connectivity index (χ1v) is 11.6. The summed E-state index contributed by atoms with van der Waals surface area (Å²) in [5.41, 5.74) is 3.91. The van der Waals surface area contributed by atoms with E-state index in [1.165, 1.54) is 0 Å². The van der Waals surface area contributed by atoms with Gasteiger partial charge >= 0.3 is 0 Å². The van der Waals surface area contributed by atoms with Crippen molar-refractivity contribution in [3.05, 3.63) is 94.4 Å². The second-order valence-corrected chi connectivity index (χ2v) is 8.75. The highest BCUT2D eigenvalue weighted by Gasteiger charge is 2.29. The summed E-state index contributed by atoms with van der Waals surface area (Å²) < 4.78 is 1.68. The molecule has 0 spiro atoms. The van der Waals surface area contributed by atoms with Crippen LogP contribution in [0.5, 0.6) is 0 Å². The van der Waals surface area contributed by atoms with E-state index in [1.807, 2.05) is 78.6 Å². The Morgan fingerprint density at radius 1 is 1.06 bits per heavy atom. The van der Waals surface area contributed by atoms with Crippen LogP contribution in [0.15, 0.2) is 77.7 Å². The molecular formula is C27H27N5O2. The molecule has 0 radical (unpaired) electrons. The quantitative estimate of drug-likeness (QED) is 0.494. The minimum Gasteiger partial charge on any atom is -0.351 e. The standard InChI is InChI=1S/C27H27N5O2/c1-19-9-5-6-13-22(19)30-26(33)21-12-8-16-31(18-21)25-27(34)32(17-20-10-3-2-4-11-20)24-23(29-25)14-7-15-28-24/h2-7,9-11,13-15,21H,8,12,16-18H2,1H3,(H,30,33). The average molecular weight is 454 g/mol. The molecule has 7 heteroatoms. The number of para-hydroxylation sites is 1. The number of carbonyl (C=O) groups is 1. The van der Waals surface area contributed by atoms with Crippen LogP contribution in [0.1, 0.15) is 24.0 Å². The van der Waals surface area contributed by atoms with Crippen LogP contribution >= 0.6 is 0 Å². The molecule has 2 aromatic heterocycles. The molecule has 34 heavy (non-hydrogen) atoms. The first-order valence-electron chi connectivity index (χ1n) is 11.6. The van der Waals surface area contributed by atoms with Gasteiger partial charge in [-0.05, 0) is 49.1 Å². The van der Waals surface area contributed by atoms with Gasteiger partial charge in [-0.2, -0.15) is 0 Å². The van der Waals surface area contributed by atoms with Gasteiger partial charge < -0.3 is 10.2 Å². The molecule has 1 fully saturated rings. The summed E-state index contributed by atoms with van der Waals surface area (Å²) in [6.07, 6.45) is 3.27. The third-order valence-corrected chi connectivity index (χ3v) is 6.36. The van der Waals surface area contributed by atoms with Crippen molar-refractivity contribution in [3.63, 3.8) is 0 Å². The molecule has 1 atom stereocenters. The summed E-state index contributed by atoms with van der Waals surface area (Å²) in [4.78, 5) is 37.8. The topological polar surface area (TPSA) is 80.1 Å². The van der Waals surface area contributed by atoms with Crippen LogP contribution in [-0.4, -0.2) is 33.5 Å². The molecule has 0 saturated carbocycles. The summed E-state index contributed by atoms with van der Waals surface area (Å²) in [5.74, 6) is 0.137. The smallest absolute Gasteiger partial charge is 0.295 e. The van der Waals surface area contributed by atoms with Crippen molar-refractivity contribution in [2.24, 2.45) is 5.92 Å². The van der Waals surface area contributed by atoms with E-state index in [4.69, 9.17) is 4.98 Å². The number of amides is 1. The van der Waals surface area contributed by atoms with Gasteiger partial charge in [-0.25, -0.2) is 9.97 Å². The lowest BCUT2D eigenvalue weighted by molar-refractivity contribution is -0.120. The van der Waals surface area contributed by atoms with E-state index in [9.17, 15) is 9.59 Å². The molecule has 172 valence electrons. The molecule has 0 bridgehead atoms. The van der Waals surface area contributed by atoms with Gasteiger partial charge in [-0.1, -0.05) is 48.5 Å². The maximum atomic E-state index is 13.6. The normalized spacial score (nSPS) is 15.9. The number of hydrogen-bond donors (Lipinski definition) is 1. The second kappa shape index (κ2) is 9.47. The number of fused-ring (bicyclic) bond motifs is 1. The molecule has 1 N–H and O–H groups in total. The number of rotatable bonds is 5. The molecule has 1 aliphatic heterocycles. The molecule has 4 aromatic rings. The number of hydrogen-bond acceptors (Lipinski definition) is 5. The lowest BCUT2D eigenvalue weighted by Crippen LogP contribution is -2.44. The van der Waals surface area contributed by atoms with Crippen LogP contribution in [0.2, 0.25) is 0 Å². The SMILES string of the molecule is Cc1ccccc1NC(=O)C1CCCN(c2nc3cccnc3n(Cc3ccccc3)c2=O)C1. The van der Waals surface area contributed by atoms with Crippen molar-refractivity contribution < 1.29 is 4.79 Å². The highest BCUT2D eigenvalue weighted by molar-refractivity contribution is 5.93. The van der Waals surface area contributed by atoms with Crippen LogP contribution in [0, 0.1) is 12.8 Å². The number of piperidine rings is 1. The number of anilines is 2. The number of aryl methyl sites for hydroxylation is 1. The van der Waals surface area contributed by atoms with Crippen molar-refractivity contribution in [3.8, 4) is 0 Å². The van der Waals surface area contributed by atoms with Crippen molar-refractivity contribution in [1.82, 2.24) is 14.5 Å². The van der Waals surface area contributed by atoms with E-state index >= 15 is 0 Å². The number of benzene rings is 2. The van der Waals surface area contributed by atoms with E-state index in [0.717, 1.165) is 29.7 Å². The third kappa shape index (κ3) is 4.41. The Morgan fingerprint density at radius 3 is 2.68 bits per heavy atom. The monoisotopic (exact) mass is 453 g/mol. The van der Waals surface area contributed by atoms with Crippen molar-refractivity contribution in [1.29, 1.82) is 0 Å². The number of aromatic nitrogens is 3. The van der Waals surface area contributed by atoms with Crippen LogP contribution in [0.25, 0.3) is 11.2 Å². The summed E-state index contributed by atoms with van der Waals surface area (Å²) in [7, 11) is 0. The Labute approximate surface area is 198 Å². The Kier molecular flexibility index (Phi) is 6.08. The number of nitrogens with zero attached hydrogens (tertiary/aromatic N) is 4. The maximum absolute atomic E-state index is 13.6. The summed E-state index contributed by atoms with van der Waals surface area (Å²) in [6, 6.07) is 21.3. The van der Waals surface area contributed by atoms with Gasteiger partial charge in [0.15, 0.2) is 11.5 Å². The van der Waals surface area contributed by atoms with E-state index < -0.39 is 0 Å². The molecule has 1 aliphatic rings. The first-order chi connectivity index (χ1) is 16.6. The Morgan fingerprint density at radius 2 is 1.85 bits per heavy atom. The van der Waals surface area contributed by atoms with E-state index in [1.54, 1.807) is 10.8 Å². The summed E-state index contributed by atoms with van der Waals surface area (Å²) >= 11 is 0. The Hall–Kier alpha value is -4.00. The summed E-state index contributed by atoms with van der Waals surface area (Å²) in [5, 5.41) is 3.06. The molecule has 7 nitrogen and oxygen atoms in total. The van der Waals surface area contributed by atoms with Crippen molar-refractivity contribution in [2.45, 2.75) is 26.3 Å². The van der Waals surface area contributed by atoms with Gasteiger partial charge in [0.25, 0.3) is 5.56 Å². The molecule has 1 unspecified atom stereocenters. The number of carbonyl (C=O) groups excluding carboxylic acids is 1. The Balaban J connectivity index is 1.45. The van der Waals surface area contributed by atoms with Crippen LogP contribution in [-0.2, 0) is 11.3 Å². The Bertz CT molecular complexity index is 1380. The lowest BCUT2D eigenvalue weighted by atomic mass is 9.97. The highest BCUT2D eigenvalue weighted by atomic mass is 16.2. The lowest BCUT2D eigenvalue weighted by Gasteiger charge is -2.32. The first kappa shape index (κ1) is 21.8. The van der Waals surface area contributed by atoms with Crippen LogP contribution in [0.4, 0.5) is 11.5 Å². The van der Waals surface area contributed by atoms with Crippen LogP contribution in [0.3, 0.4) is 0 Å². The van der Waals surface area contributed by atoms with Gasteiger partial charge in [0.1, 0.15) is 5.52 Å². The van der Waals surface area contributed by atoms with Crippen molar-refractivity contribution >= 4 is 28.6 Å². The van der Waals surface area contributed by atoms with Crippen LogP contribution < -0.4 is 15.8 Å². The minimum atomic E-state index is -0.221. The predicted octanol–water partition coefficient (Wildman–Crippen LogP) is 4.00. The molecule has 5 rings (SSSR count). The zero-order valence-corrected chi connectivity index (χ0v) is 19.1. The zero-order valence-electron chi connectivity index (χ0n) is 19.1. The predicted molar refractivity (Wildman–Crippen MR) is 134 cm³/mol. The van der Waals surface area contributed by atoms with Gasteiger partial charge in [0.05, 0.1) is 12.5 Å². The average Bonchev–Trinajstić information content (AvgIpc) is 2.87. The second-order valence-electron chi connectivity index (χ2n) is 8.75. The minimum absolute atomic E-state index is 0.0222. The fourth-order valence-electron chi connectivity index (χ4n) is 4.51. The van der Waals surface area contributed by atoms with Gasteiger partial charge in [0.2, 0.25) is 5.91 Å². The highest BCUT2D eigenvalue weighted by Crippen LogP contribution is 2.23. The van der Waals surface area contributed by atoms with Crippen molar-refractivity contribution in [2.75, 3.05) is 23.3 Å². The number of nitrogens with one attached hydrogen (secondary N) is 1. The third-order valence-electron chi connectivity index (χ3n) is 6.36. The fraction of sp³-hybridized carbons (Fsp3) is 0.259. The molecule has 1 amide bonds. The van der Waals surface area contributed by atoms with E-state index in [-0.39, 0.29) is 17.4 Å². The van der Waals surface area contributed by atoms with Gasteiger partial charge in [0, 0.05) is 25.0 Å². The fourth-order valence-corrected chi connectivity index (χ4v) is 4.51. The van der Waals surface area contributed by atoms with E-state index in [0.29, 0.717) is 36.6 Å². The molecule has 3 heterocycles. The van der Waals surface area contributed by atoms with Gasteiger partial charge in [-0.15, -0.1) is 0 Å². The molecular weight excluding hydrogens is 426 g/mol. The molecule has 1 saturated heterocycles. The largest absolute Gasteiger partial charge is 0.351 e. The zero-order chi connectivity index (χ0) is 23.5. The van der Waals surface area contributed by atoms with E-state index in [2.05, 4.69) is 10.3 Å².